The minimum absolute atomic E-state index is 0. The number of carbonyl (C=O) groups excluding carboxylic acids is 1. The van der Waals surface area contributed by atoms with Crippen LogP contribution < -0.4 is 10.6 Å². The molecule has 2 N–H and O–H groups in total. The average Bonchev–Trinajstić information content (AvgIpc) is 3.42. The van der Waals surface area contributed by atoms with Gasteiger partial charge >= 0.3 is 0 Å². The molecule has 2 fully saturated rings. The van der Waals surface area contributed by atoms with Gasteiger partial charge in [0, 0.05) is 19.6 Å². The molecule has 26 heavy (non-hydrogen) atoms. The molecule has 0 spiro atoms. The van der Waals surface area contributed by atoms with Crippen molar-refractivity contribution >= 4 is 30.7 Å². The van der Waals surface area contributed by atoms with Crippen LogP contribution in [-0.4, -0.2) is 56.7 Å². The summed E-state index contributed by atoms with van der Waals surface area (Å²) in [7, 11) is 0. The second-order valence-electron chi connectivity index (χ2n) is 6.95. The molecule has 1 aliphatic carbocycles. The predicted octanol–water partition coefficient (Wildman–Crippen LogP) is 2.33. The van der Waals surface area contributed by atoms with Crippen LogP contribution in [0.15, 0.2) is 24.3 Å². The van der Waals surface area contributed by atoms with Gasteiger partial charge in [-0.2, -0.15) is 0 Å². The Kier molecular flexibility index (Phi) is 10.5. The number of aryl methyl sites for hydroxylation is 1. The summed E-state index contributed by atoms with van der Waals surface area (Å²) in [5.41, 5.74) is 2.52. The zero-order valence-corrected chi connectivity index (χ0v) is 17.0. The van der Waals surface area contributed by atoms with E-state index < -0.39 is 0 Å². The molecule has 1 aromatic rings. The van der Waals surface area contributed by atoms with Gasteiger partial charge in [-0.25, -0.2) is 0 Å². The van der Waals surface area contributed by atoms with Crippen molar-refractivity contribution in [2.75, 3.05) is 45.9 Å². The number of rotatable bonds is 8. The highest BCUT2D eigenvalue weighted by Gasteiger charge is 2.23. The Hall–Kier alpha value is -0.850. The molecule has 3 rings (SSSR count). The molecule has 5 nitrogen and oxygen atoms in total. The smallest absolute Gasteiger partial charge is 0.234 e. The Balaban J connectivity index is 0.00000169. The molecule has 0 bridgehead atoms. The molecule has 1 saturated carbocycles. The number of hydrogen-bond donors (Lipinski definition) is 2. The molecule has 2 aliphatic rings. The molecular formula is C19H31Cl2N3O2. The van der Waals surface area contributed by atoms with Crippen molar-refractivity contribution in [2.24, 2.45) is 5.92 Å². The summed E-state index contributed by atoms with van der Waals surface area (Å²) in [6.45, 7) is 7.48. The molecule has 1 heterocycles. The second-order valence-corrected chi connectivity index (χ2v) is 6.95. The summed E-state index contributed by atoms with van der Waals surface area (Å²) < 4.78 is 5.47. The van der Waals surface area contributed by atoms with Gasteiger partial charge in [0.2, 0.25) is 5.91 Å². The molecule has 1 atom stereocenters. The molecule has 0 radical (unpaired) electrons. The lowest BCUT2D eigenvalue weighted by atomic mass is 10.0. The maximum absolute atomic E-state index is 12.1. The van der Waals surface area contributed by atoms with Crippen LogP contribution in [0, 0.1) is 12.8 Å². The van der Waals surface area contributed by atoms with Gasteiger partial charge in [-0.05, 0) is 37.8 Å². The lowest BCUT2D eigenvalue weighted by Crippen LogP contribution is -2.45. The first kappa shape index (κ1) is 23.2. The molecule has 1 aromatic carbocycles. The fraction of sp³-hybridized carbons (Fsp3) is 0.632. The van der Waals surface area contributed by atoms with E-state index in [-0.39, 0.29) is 36.8 Å². The lowest BCUT2D eigenvalue weighted by Gasteiger charge is -2.35. The number of amides is 1. The van der Waals surface area contributed by atoms with E-state index >= 15 is 0 Å². The fourth-order valence-corrected chi connectivity index (χ4v) is 3.12. The van der Waals surface area contributed by atoms with E-state index in [4.69, 9.17) is 4.74 Å². The van der Waals surface area contributed by atoms with E-state index in [2.05, 4.69) is 46.7 Å². The Bertz CT molecular complexity index is 532. The maximum atomic E-state index is 12.1. The third-order valence-electron chi connectivity index (χ3n) is 4.86. The predicted molar refractivity (Wildman–Crippen MR) is 109 cm³/mol. The van der Waals surface area contributed by atoms with Gasteiger partial charge < -0.3 is 15.4 Å². The van der Waals surface area contributed by atoms with Crippen LogP contribution in [0.1, 0.15) is 30.0 Å². The molecule has 1 unspecified atom stereocenters. The summed E-state index contributed by atoms with van der Waals surface area (Å²) in [6.07, 6.45) is 2.61. The largest absolute Gasteiger partial charge is 0.379 e. The van der Waals surface area contributed by atoms with Crippen LogP contribution in [0.25, 0.3) is 0 Å². The van der Waals surface area contributed by atoms with Crippen LogP contribution in [-0.2, 0) is 9.53 Å². The highest BCUT2D eigenvalue weighted by Crippen LogP contribution is 2.27. The van der Waals surface area contributed by atoms with Crippen LogP contribution in [0.4, 0.5) is 0 Å². The molecular weight excluding hydrogens is 373 g/mol. The van der Waals surface area contributed by atoms with Gasteiger partial charge in [0.05, 0.1) is 25.8 Å². The van der Waals surface area contributed by atoms with Crippen molar-refractivity contribution in [3.8, 4) is 0 Å². The Morgan fingerprint density at radius 3 is 2.46 bits per heavy atom. The van der Waals surface area contributed by atoms with Gasteiger partial charge in [0.25, 0.3) is 0 Å². The minimum Gasteiger partial charge on any atom is -0.379 e. The SMILES string of the molecule is Cc1ccc(C(CNC(=O)CNCC2CC2)N2CCOCC2)cc1.Cl.Cl. The molecule has 1 aliphatic heterocycles. The first-order valence-electron chi connectivity index (χ1n) is 9.08. The Morgan fingerprint density at radius 1 is 1.19 bits per heavy atom. The summed E-state index contributed by atoms with van der Waals surface area (Å²) >= 11 is 0. The Labute approximate surface area is 169 Å². The number of carbonyl (C=O) groups is 1. The fourth-order valence-electron chi connectivity index (χ4n) is 3.12. The first-order chi connectivity index (χ1) is 11.7. The van der Waals surface area contributed by atoms with Gasteiger partial charge in [0.15, 0.2) is 0 Å². The van der Waals surface area contributed by atoms with E-state index in [1.165, 1.54) is 24.0 Å². The van der Waals surface area contributed by atoms with Crippen molar-refractivity contribution in [3.05, 3.63) is 35.4 Å². The second kappa shape index (κ2) is 11.8. The van der Waals surface area contributed by atoms with Crippen LogP contribution in [0.5, 0.6) is 0 Å². The van der Waals surface area contributed by atoms with Crippen LogP contribution in [0.2, 0.25) is 0 Å². The quantitative estimate of drug-likeness (QED) is 0.699. The van der Waals surface area contributed by atoms with Crippen molar-refractivity contribution in [3.63, 3.8) is 0 Å². The monoisotopic (exact) mass is 403 g/mol. The van der Waals surface area contributed by atoms with Crippen LogP contribution in [0.3, 0.4) is 0 Å². The van der Waals surface area contributed by atoms with E-state index in [0.717, 1.165) is 38.8 Å². The lowest BCUT2D eigenvalue weighted by molar-refractivity contribution is -0.120. The highest BCUT2D eigenvalue weighted by molar-refractivity contribution is 5.85. The van der Waals surface area contributed by atoms with Crippen molar-refractivity contribution in [1.82, 2.24) is 15.5 Å². The van der Waals surface area contributed by atoms with Crippen molar-refractivity contribution in [1.29, 1.82) is 0 Å². The number of nitrogens with one attached hydrogen (secondary N) is 2. The summed E-state index contributed by atoms with van der Waals surface area (Å²) in [5, 5.41) is 6.36. The number of halogens is 2. The minimum atomic E-state index is 0. The van der Waals surface area contributed by atoms with Crippen LogP contribution >= 0.6 is 24.8 Å². The molecule has 1 amide bonds. The third kappa shape index (κ3) is 7.41. The topological polar surface area (TPSA) is 53.6 Å². The standard InChI is InChI=1S/C19H29N3O2.2ClH/c1-15-2-6-17(7-3-15)18(22-8-10-24-11-9-22)13-21-19(23)14-20-12-16-4-5-16;;/h2-3,6-7,16,18,20H,4-5,8-14H2,1H3,(H,21,23);2*1H. The van der Waals surface area contributed by atoms with E-state index in [1.54, 1.807) is 0 Å². The van der Waals surface area contributed by atoms with E-state index in [1.807, 2.05) is 0 Å². The van der Waals surface area contributed by atoms with E-state index in [9.17, 15) is 4.79 Å². The number of ether oxygens (including phenoxy) is 1. The number of hydrogen-bond acceptors (Lipinski definition) is 4. The summed E-state index contributed by atoms with van der Waals surface area (Å²) in [6, 6.07) is 8.84. The first-order valence-corrected chi connectivity index (χ1v) is 9.08. The molecule has 7 heteroatoms. The van der Waals surface area contributed by atoms with Gasteiger partial charge in [-0.3, -0.25) is 9.69 Å². The van der Waals surface area contributed by atoms with Gasteiger partial charge in [0.1, 0.15) is 0 Å². The normalized spacial score (nSPS) is 18.3. The average molecular weight is 404 g/mol. The highest BCUT2D eigenvalue weighted by atomic mass is 35.5. The zero-order chi connectivity index (χ0) is 16.8. The molecule has 1 saturated heterocycles. The summed E-state index contributed by atoms with van der Waals surface area (Å²) in [5.74, 6) is 0.882. The third-order valence-corrected chi connectivity index (χ3v) is 4.86. The molecule has 0 aromatic heterocycles. The van der Waals surface area contributed by atoms with Crippen molar-refractivity contribution < 1.29 is 9.53 Å². The number of nitrogens with zero attached hydrogens (tertiary/aromatic N) is 1. The van der Waals surface area contributed by atoms with Crippen molar-refractivity contribution in [2.45, 2.75) is 25.8 Å². The van der Waals surface area contributed by atoms with Gasteiger partial charge in [-0.15, -0.1) is 24.8 Å². The number of morpholine rings is 1. The Morgan fingerprint density at radius 2 is 1.85 bits per heavy atom. The zero-order valence-electron chi connectivity index (χ0n) is 15.4. The summed E-state index contributed by atoms with van der Waals surface area (Å²) in [4.78, 5) is 14.5. The molecule has 148 valence electrons. The van der Waals surface area contributed by atoms with E-state index in [0.29, 0.717) is 13.1 Å². The van der Waals surface area contributed by atoms with Gasteiger partial charge in [-0.1, -0.05) is 29.8 Å². The maximum Gasteiger partial charge on any atom is 0.234 e. The number of benzene rings is 1.